The second kappa shape index (κ2) is 5.47. The number of hydrogen-bond acceptors (Lipinski definition) is 7. The Morgan fingerprint density at radius 3 is 2.58 bits per heavy atom. The Hall–Kier alpha value is -1.13. The Morgan fingerprint density at radius 2 is 2.05 bits per heavy atom. The van der Waals surface area contributed by atoms with Gasteiger partial charge in [-0.25, -0.2) is 9.78 Å². The molecule has 0 bridgehead atoms. The molecule has 2 heterocycles. The van der Waals surface area contributed by atoms with Gasteiger partial charge in [0.1, 0.15) is 23.7 Å². The van der Waals surface area contributed by atoms with Gasteiger partial charge in [-0.2, -0.15) is 0 Å². The van der Waals surface area contributed by atoms with Gasteiger partial charge in [-0.1, -0.05) is 11.8 Å². The maximum atomic E-state index is 10.9. The SMILES string of the molecule is Cn1ccnc1S[C@H]1O[C@H](C(=O)O)[C@H](O)[C@H](O)[C@@H]1O. The minimum Gasteiger partial charge on any atom is -0.479 e. The summed E-state index contributed by atoms with van der Waals surface area (Å²) in [6.45, 7) is 0. The van der Waals surface area contributed by atoms with E-state index in [1.54, 1.807) is 17.8 Å². The first kappa shape index (κ1) is 14.3. The van der Waals surface area contributed by atoms with Crippen LogP contribution in [0.25, 0.3) is 0 Å². The Labute approximate surface area is 112 Å². The van der Waals surface area contributed by atoms with Crippen molar-refractivity contribution in [2.75, 3.05) is 0 Å². The van der Waals surface area contributed by atoms with Gasteiger partial charge in [0.15, 0.2) is 11.3 Å². The number of aromatic nitrogens is 2. The number of imidazole rings is 1. The van der Waals surface area contributed by atoms with E-state index >= 15 is 0 Å². The highest BCUT2D eigenvalue weighted by atomic mass is 32.2. The monoisotopic (exact) mass is 290 g/mol. The Morgan fingerprint density at radius 1 is 1.37 bits per heavy atom. The van der Waals surface area contributed by atoms with Gasteiger partial charge in [-0.3, -0.25) is 0 Å². The molecule has 1 aliphatic rings. The van der Waals surface area contributed by atoms with Gasteiger partial charge in [0.25, 0.3) is 0 Å². The number of ether oxygens (including phenoxy) is 1. The topological polar surface area (TPSA) is 125 Å². The molecule has 0 unspecified atom stereocenters. The maximum Gasteiger partial charge on any atom is 0.335 e. The van der Waals surface area contributed by atoms with E-state index in [1.807, 2.05) is 0 Å². The number of thioether (sulfide) groups is 1. The molecular weight excluding hydrogens is 276 g/mol. The molecule has 9 heteroatoms. The average Bonchev–Trinajstić information content (AvgIpc) is 2.75. The molecule has 1 aromatic rings. The van der Waals surface area contributed by atoms with Crippen LogP contribution in [0.1, 0.15) is 0 Å². The van der Waals surface area contributed by atoms with Gasteiger partial charge in [0.05, 0.1) is 0 Å². The summed E-state index contributed by atoms with van der Waals surface area (Å²) in [4.78, 5) is 14.9. The summed E-state index contributed by atoms with van der Waals surface area (Å²) >= 11 is 0.978. The minimum atomic E-state index is -1.68. The zero-order valence-electron chi connectivity index (χ0n) is 9.95. The Kier molecular flexibility index (Phi) is 4.11. The molecule has 4 N–H and O–H groups in total. The molecule has 0 radical (unpaired) electrons. The highest BCUT2D eigenvalue weighted by molar-refractivity contribution is 7.99. The predicted molar refractivity (Wildman–Crippen MR) is 63.4 cm³/mol. The summed E-state index contributed by atoms with van der Waals surface area (Å²) in [6, 6.07) is 0. The van der Waals surface area contributed by atoms with E-state index in [4.69, 9.17) is 9.84 Å². The van der Waals surface area contributed by atoms with E-state index in [-0.39, 0.29) is 0 Å². The lowest BCUT2D eigenvalue weighted by Crippen LogP contribution is -2.58. The van der Waals surface area contributed by atoms with Crippen molar-refractivity contribution in [2.24, 2.45) is 7.05 Å². The largest absolute Gasteiger partial charge is 0.479 e. The van der Waals surface area contributed by atoms with E-state index in [0.29, 0.717) is 5.16 Å². The number of carbonyl (C=O) groups is 1. The van der Waals surface area contributed by atoms with Crippen LogP contribution in [-0.4, -0.2) is 65.8 Å². The zero-order chi connectivity index (χ0) is 14.2. The molecular formula is C10H14N2O6S. The molecule has 1 aliphatic heterocycles. The van der Waals surface area contributed by atoms with Crippen LogP contribution in [0.4, 0.5) is 0 Å². The van der Waals surface area contributed by atoms with Crippen LogP contribution in [0, 0.1) is 0 Å². The number of carboxylic acids is 1. The van der Waals surface area contributed by atoms with E-state index in [0.717, 1.165) is 11.8 Å². The average molecular weight is 290 g/mol. The van der Waals surface area contributed by atoms with Crippen molar-refractivity contribution in [3.63, 3.8) is 0 Å². The van der Waals surface area contributed by atoms with Crippen LogP contribution in [0.15, 0.2) is 17.6 Å². The second-order valence-electron chi connectivity index (χ2n) is 4.17. The van der Waals surface area contributed by atoms with Crippen molar-refractivity contribution in [3.8, 4) is 0 Å². The molecule has 2 rings (SSSR count). The number of carboxylic acid groups (broad SMARTS) is 1. The summed E-state index contributed by atoms with van der Waals surface area (Å²) < 4.78 is 6.78. The molecule has 0 amide bonds. The third kappa shape index (κ3) is 2.74. The first-order valence-electron chi connectivity index (χ1n) is 5.48. The molecule has 19 heavy (non-hydrogen) atoms. The third-order valence-electron chi connectivity index (χ3n) is 2.81. The fourth-order valence-corrected chi connectivity index (χ4v) is 2.75. The first-order valence-corrected chi connectivity index (χ1v) is 6.36. The normalized spacial score (nSPS) is 35.3. The highest BCUT2D eigenvalue weighted by Crippen LogP contribution is 2.32. The quantitative estimate of drug-likeness (QED) is 0.525. The smallest absolute Gasteiger partial charge is 0.335 e. The lowest BCUT2D eigenvalue weighted by atomic mass is 10.0. The highest BCUT2D eigenvalue weighted by Gasteiger charge is 2.47. The molecule has 1 saturated heterocycles. The number of aliphatic carboxylic acids is 1. The standard InChI is InChI=1S/C10H14N2O6S/c1-12-3-2-11-10(12)19-9-6(15)4(13)5(14)7(18-9)8(16)17/h2-7,9,13-15H,1H3,(H,16,17)/t4-,5+,6-,7-,9+/m0/s1. The van der Waals surface area contributed by atoms with Gasteiger partial charge < -0.3 is 29.7 Å². The van der Waals surface area contributed by atoms with E-state index in [9.17, 15) is 20.1 Å². The van der Waals surface area contributed by atoms with Gasteiger partial charge in [-0.15, -0.1) is 0 Å². The predicted octanol–water partition coefficient (Wildman–Crippen LogP) is -1.60. The molecule has 5 atom stereocenters. The van der Waals surface area contributed by atoms with Crippen LogP contribution in [0.2, 0.25) is 0 Å². The number of aliphatic hydroxyl groups is 3. The molecule has 0 aliphatic carbocycles. The summed E-state index contributed by atoms with van der Waals surface area (Å²) in [5.41, 5.74) is -1.03. The zero-order valence-corrected chi connectivity index (χ0v) is 10.8. The fourth-order valence-electron chi connectivity index (χ4n) is 1.72. The van der Waals surface area contributed by atoms with Crippen LogP contribution in [0.5, 0.6) is 0 Å². The van der Waals surface area contributed by atoms with Gasteiger partial charge >= 0.3 is 5.97 Å². The van der Waals surface area contributed by atoms with Gasteiger partial charge in [0.2, 0.25) is 0 Å². The number of rotatable bonds is 3. The Bertz CT molecular complexity index is 467. The van der Waals surface area contributed by atoms with Crippen molar-refractivity contribution in [1.29, 1.82) is 0 Å². The number of aryl methyl sites for hydroxylation is 1. The van der Waals surface area contributed by atoms with Crippen molar-refractivity contribution >= 4 is 17.7 Å². The molecule has 106 valence electrons. The van der Waals surface area contributed by atoms with Crippen LogP contribution < -0.4 is 0 Å². The van der Waals surface area contributed by atoms with Crippen molar-refractivity contribution in [2.45, 2.75) is 35.0 Å². The van der Waals surface area contributed by atoms with Crippen molar-refractivity contribution in [1.82, 2.24) is 9.55 Å². The summed E-state index contributed by atoms with van der Waals surface area (Å²) in [7, 11) is 1.73. The third-order valence-corrected chi connectivity index (χ3v) is 4.04. The van der Waals surface area contributed by atoms with Crippen LogP contribution in [0.3, 0.4) is 0 Å². The maximum absolute atomic E-state index is 10.9. The van der Waals surface area contributed by atoms with Gasteiger partial charge in [0, 0.05) is 19.4 Å². The Balaban J connectivity index is 2.15. The molecule has 0 spiro atoms. The minimum absolute atomic E-state index is 0.497. The molecule has 8 nitrogen and oxygen atoms in total. The molecule has 1 aromatic heterocycles. The number of aliphatic hydroxyl groups excluding tert-OH is 3. The van der Waals surface area contributed by atoms with Crippen LogP contribution >= 0.6 is 11.8 Å². The van der Waals surface area contributed by atoms with E-state index in [1.165, 1.54) is 6.20 Å². The van der Waals surface area contributed by atoms with Crippen molar-refractivity contribution in [3.05, 3.63) is 12.4 Å². The summed E-state index contributed by atoms with van der Waals surface area (Å²) in [6.07, 6.45) is -3.04. The fraction of sp³-hybridized carbons (Fsp3) is 0.600. The number of hydrogen-bond donors (Lipinski definition) is 4. The lowest BCUT2D eigenvalue weighted by molar-refractivity contribution is -0.209. The van der Waals surface area contributed by atoms with E-state index in [2.05, 4.69) is 4.98 Å². The van der Waals surface area contributed by atoms with Crippen LogP contribution in [-0.2, 0) is 16.6 Å². The summed E-state index contributed by atoms with van der Waals surface area (Å²) in [5.74, 6) is -1.40. The molecule has 0 saturated carbocycles. The van der Waals surface area contributed by atoms with E-state index < -0.39 is 35.8 Å². The molecule has 1 fully saturated rings. The molecule has 0 aromatic carbocycles. The van der Waals surface area contributed by atoms with Crippen molar-refractivity contribution < 1.29 is 30.0 Å². The second-order valence-corrected chi connectivity index (χ2v) is 5.24. The summed E-state index contributed by atoms with van der Waals surface area (Å²) in [5, 5.41) is 38.4. The van der Waals surface area contributed by atoms with Gasteiger partial charge in [-0.05, 0) is 0 Å². The lowest BCUT2D eigenvalue weighted by Gasteiger charge is -2.38. The first-order chi connectivity index (χ1) is 8.91. The number of nitrogens with zero attached hydrogens (tertiary/aromatic N) is 2.